The van der Waals surface area contributed by atoms with Gasteiger partial charge in [0.1, 0.15) is 5.15 Å². The molecule has 1 unspecified atom stereocenters. The van der Waals surface area contributed by atoms with Gasteiger partial charge in [-0.15, -0.1) is 0 Å². The zero-order valence-corrected chi connectivity index (χ0v) is 20.2. The summed E-state index contributed by atoms with van der Waals surface area (Å²) in [7, 11) is 0. The van der Waals surface area contributed by atoms with E-state index in [1.165, 1.54) is 5.56 Å². The number of carbonyl (C=O) groups is 1. The van der Waals surface area contributed by atoms with Crippen LogP contribution in [0, 0.1) is 13.8 Å². The average Bonchev–Trinajstić information content (AvgIpc) is 2.77. The Morgan fingerprint density at radius 3 is 2.56 bits per heavy atom. The maximum absolute atomic E-state index is 12.6. The Morgan fingerprint density at radius 2 is 1.94 bits per heavy atom. The molecule has 174 valence electrons. The second kappa shape index (κ2) is 11.8. The van der Waals surface area contributed by atoms with Crippen LogP contribution in [0.5, 0.6) is 0 Å². The number of carbonyl (C=O) groups excluding carboxylic acids is 1. The Bertz CT molecular complexity index is 860. The molecule has 1 saturated heterocycles. The van der Waals surface area contributed by atoms with Gasteiger partial charge in [0.25, 0.3) is 5.91 Å². The highest BCUT2D eigenvalue weighted by Crippen LogP contribution is 2.20. The van der Waals surface area contributed by atoms with Crippen molar-refractivity contribution >= 4 is 17.5 Å². The standard InChI is InChI=1S/C25H36ClN5O/c1-17-15-23(26)29-19(3)24(17)25(32)28-12-9-18(2)31-13-10-21(11-14-31)30-22(16-27)20-7-5-4-6-8-20/h4-8,15,18,21-22,30H,9-14,16,27H2,1-3H3,(H,28,32)/t18?,22-/m0/s1. The Hall–Kier alpha value is -1.99. The molecule has 1 fully saturated rings. The first-order chi connectivity index (χ1) is 15.4. The molecule has 1 aliphatic rings. The van der Waals surface area contributed by atoms with E-state index in [9.17, 15) is 4.79 Å². The highest BCUT2D eigenvalue weighted by atomic mass is 35.5. The number of piperidine rings is 1. The van der Waals surface area contributed by atoms with Gasteiger partial charge in [-0.25, -0.2) is 4.98 Å². The molecule has 4 N–H and O–H groups in total. The third-order valence-corrected chi connectivity index (χ3v) is 6.66. The van der Waals surface area contributed by atoms with E-state index in [1.54, 1.807) is 6.07 Å². The van der Waals surface area contributed by atoms with E-state index in [4.69, 9.17) is 17.3 Å². The number of halogens is 1. The van der Waals surface area contributed by atoms with Crippen molar-refractivity contribution in [3.8, 4) is 0 Å². The van der Waals surface area contributed by atoms with Gasteiger partial charge < -0.3 is 21.3 Å². The van der Waals surface area contributed by atoms with Crippen molar-refractivity contribution in [1.29, 1.82) is 0 Å². The minimum Gasteiger partial charge on any atom is -0.352 e. The maximum atomic E-state index is 12.6. The summed E-state index contributed by atoms with van der Waals surface area (Å²) in [6.45, 7) is 9.31. The summed E-state index contributed by atoms with van der Waals surface area (Å²) in [4.78, 5) is 19.3. The van der Waals surface area contributed by atoms with Gasteiger partial charge in [0.05, 0.1) is 11.3 Å². The van der Waals surface area contributed by atoms with Crippen LogP contribution in [0.4, 0.5) is 0 Å². The summed E-state index contributed by atoms with van der Waals surface area (Å²) in [5.41, 5.74) is 9.43. The lowest BCUT2D eigenvalue weighted by Gasteiger charge is -2.37. The third kappa shape index (κ3) is 6.51. The molecule has 1 aromatic carbocycles. The van der Waals surface area contributed by atoms with Crippen molar-refractivity contribution in [1.82, 2.24) is 20.5 Å². The number of nitrogens with two attached hydrogens (primary N) is 1. The fraction of sp³-hybridized carbons (Fsp3) is 0.520. The first kappa shape index (κ1) is 24.6. The van der Waals surface area contributed by atoms with E-state index in [-0.39, 0.29) is 11.9 Å². The Labute approximate surface area is 196 Å². The molecule has 0 radical (unpaired) electrons. The molecule has 2 heterocycles. The van der Waals surface area contributed by atoms with Crippen LogP contribution in [0.3, 0.4) is 0 Å². The molecular weight excluding hydrogens is 422 g/mol. The number of aryl methyl sites for hydroxylation is 2. The molecule has 0 spiro atoms. The SMILES string of the molecule is Cc1cc(Cl)nc(C)c1C(=O)NCCC(C)N1CCC(N[C@@H](CN)c2ccccc2)CC1. The maximum Gasteiger partial charge on any atom is 0.253 e. The number of amides is 1. The van der Waals surface area contributed by atoms with Crippen LogP contribution in [0.1, 0.15) is 59.4 Å². The number of aromatic nitrogens is 1. The monoisotopic (exact) mass is 457 g/mol. The minimum absolute atomic E-state index is 0.0759. The topological polar surface area (TPSA) is 83.3 Å². The zero-order valence-electron chi connectivity index (χ0n) is 19.4. The van der Waals surface area contributed by atoms with E-state index >= 15 is 0 Å². The molecule has 1 aliphatic heterocycles. The van der Waals surface area contributed by atoms with Gasteiger partial charge in [-0.05, 0) is 70.3 Å². The molecule has 32 heavy (non-hydrogen) atoms. The van der Waals surface area contributed by atoms with Crippen molar-refractivity contribution in [2.75, 3.05) is 26.2 Å². The molecule has 7 heteroatoms. The van der Waals surface area contributed by atoms with Crippen LogP contribution in [0.25, 0.3) is 0 Å². The second-order valence-electron chi connectivity index (χ2n) is 8.79. The predicted octanol–water partition coefficient (Wildman–Crippen LogP) is 3.61. The van der Waals surface area contributed by atoms with Gasteiger partial charge in [-0.3, -0.25) is 4.79 Å². The number of nitrogens with zero attached hydrogens (tertiary/aromatic N) is 2. The largest absolute Gasteiger partial charge is 0.352 e. The number of hydrogen-bond acceptors (Lipinski definition) is 5. The summed E-state index contributed by atoms with van der Waals surface area (Å²) >= 11 is 5.98. The first-order valence-corrected chi connectivity index (χ1v) is 11.9. The van der Waals surface area contributed by atoms with E-state index < -0.39 is 0 Å². The third-order valence-electron chi connectivity index (χ3n) is 6.47. The van der Waals surface area contributed by atoms with Crippen LogP contribution in [-0.4, -0.2) is 54.1 Å². The van der Waals surface area contributed by atoms with Crippen molar-refractivity contribution in [2.45, 2.75) is 58.2 Å². The molecule has 0 bridgehead atoms. The average molecular weight is 458 g/mol. The van der Waals surface area contributed by atoms with Crippen molar-refractivity contribution in [3.05, 3.63) is 63.9 Å². The summed E-state index contributed by atoms with van der Waals surface area (Å²) in [6, 6.07) is 13.3. The van der Waals surface area contributed by atoms with E-state index in [2.05, 4.69) is 51.7 Å². The first-order valence-electron chi connectivity index (χ1n) is 11.6. The van der Waals surface area contributed by atoms with Crippen molar-refractivity contribution in [3.63, 3.8) is 0 Å². The van der Waals surface area contributed by atoms with E-state index in [0.29, 0.717) is 41.6 Å². The van der Waals surface area contributed by atoms with Gasteiger partial charge in [0, 0.05) is 31.2 Å². The van der Waals surface area contributed by atoms with Gasteiger partial charge in [0.15, 0.2) is 0 Å². The molecule has 6 nitrogen and oxygen atoms in total. The van der Waals surface area contributed by atoms with Gasteiger partial charge in [-0.1, -0.05) is 41.9 Å². The molecule has 1 amide bonds. The fourth-order valence-electron chi connectivity index (χ4n) is 4.57. The van der Waals surface area contributed by atoms with Gasteiger partial charge in [0.2, 0.25) is 0 Å². The summed E-state index contributed by atoms with van der Waals surface area (Å²) < 4.78 is 0. The molecule has 2 aromatic rings. The van der Waals surface area contributed by atoms with Crippen LogP contribution in [-0.2, 0) is 0 Å². The number of benzene rings is 1. The molecule has 3 rings (SSSR count). The Morgan fingerprint density at radius 1 is 1.25 bits per heavy atom. The number of nitrogens with one attached hydrogen (secondary N) is 2. The molecular formula is C25H36ClN5O. The minimum atomic E-state index is -0.0759. The number of rotatable bonds is 9. The van der Waals surface area contributed by atoms with Crippen LogP contribution < -0.4 is 16.4 Å². The summed E-state index contributed by atoms with van der Waals surface area (Å²) in [6.07, 6.45) is 3.13. The lowest BCUT2D eigenvalue weighted by Crippen LogP contribution is -2.48. The lowest BCUT2D eigenvalue weighted by molar-refractivity contribution is 0.0942. The van der Waals surface area contributed by atoms with Crippen LogP contribution in [0.2, 0.25) is 5.15 Å². The lowest BCUT2D eigenvalue weighted by atomic mass is 9.99. The van der Waals surface area contributed by atoms with Gasteiger partial charge >= 0.3 is 0 Å². The highest BCUT2D eigenvalue weighted by Gasteiger charge is 2.24. The van der Waals surface area contributed by atoms with Crippen LogP contribution in [0.15, 0.2) is 36.4 Å². The predicted molar refractivity (Wildman–Crippen MR) is 131 cm³/mol. The zero-order chi connectivity index (χ0) is 23.1. The van der Waals surface area contributed by atoms with Crippen LogP contribution >= 0.6 is 11.6 Å². The Balaban J connectivity index is 1.42. The van der Waals surface area contributed by atoms with E-state index in [1.807, 2.05) is 19.9 Å². The molecule has 1 aromatic heterocycles. The Kier molecular flexibility index (Phi) is 9.05. The van der Waals surface area contributed by atoms with Gasteiger partial charge in [-0.2, -0.15) is 0 Å². The van der Waals surface area contributed by atoms with E-state index in [0.717, 1.165) is 37.9 Å². The summed E-state index contributed by atoms with van der Waals surface area (Å²) in [5, 5.41) is 7.22. The number of likely N-dealkylation sites (tertiary alicyclic amines) is 1. The molecule has 0 aliphatic carbocycles. The summed E-state index contributed by atoms with van der Waals surface area (Å²) in [5.74, 6) is -0.0759. The highest BCUT2D eigenvalue weighted by molar-refractivity contribution is 6.29. The smallest absolute Gasteiger partial charge is 0.253 e. The second-order valence-corrected chi connectivity index (χ2v) is 9.18. The van der Waals surface area contributed by atoms with Crippen molar-refractivity contribution in [2.24, 2.45) is 5.73 Å². The fourth-order valence-corrected chi connectivity index (χ4v) is 4.86. The normalized spacial score (nSPS) is 17.2. The van der Waals surface area contributed by atoms with Crippen molar-refractivity contribution < 1.29 is 4.79 Å². The number of pyridine rings is 1. The quantitative estimate of drug-likeness (QED) is 0.501. The number of hydrogen-bond donors (Lipinski definition) is 3. The molecule has 0 saturated carbocycles. The molecule has 2 atom stereocenters.